The highest BCUT2D eigenvalue weighted by Gasteiger charge is 2.12. The van der Waals surface area contributed by atoms with Crippen molar-refractivity contribution in [1.29, 1.82) is 0 Å². The average Bonchev–Trinajstić information content (AvgIpc) is 3.08. The number of carbonyl (C=O) groups excluding carboxylic acids is 1. The predicted octanol–water partition coefficient (Wildman–Crippen LogP) is 2.85. The van der Waals surface area contributed by atoms with E-state index < -0.39 is 0 Å². The molecule has 1 N–H and O–H groups in total. The van der Waals surface area contributed by atoms with Gasteiger partial charge in [-0.3, -0.25) is 10.2 Å². The molecule has 0 spiro atoms. The number of hydrogen-bond donors (Lipinski definition) is 1. The molecule has 7 nitrogen and oxygen atoms in total. The quantitative estimate of drug-likeness (QED) is 0.690. The lowest BCUT2D eigenvalue weighted by Crippen LogP contribution is -2.19. The van der Waals surface area contributed by atoms with Crippen molar-refractivity contribution in [3.05, 3.63) is 54.4 Å². The molecule has 0 fully saturated rings. The highest BCUT2D eigenvalue weighted by molar-refractivity contribution is 5.98. The van der Waals surface area contributed by atoms with Crippen LogP contribution in [0.2, 0.25) is 0 Å². The molecule has 0 unspecified atom stereocenters. The van der Waals surface area contributed by atoms with Gasteiger partial charge in [0.1, 0.15) is 6.33 Å². The minimum atomic E-state index is -0.290. The number of aromatic nitrogens is 2. The minimum absolute atomic E-state index is 0.290. The van der Waals surface area contributed by atoms with Crippen LogP contribution in [0.15, 0.2) is 48.8 Å². The smallest absolute Gasteiger partial charge is 0.262 e. The summed E-state index contributed by atoms with van der Waals surface area (Å²) in [6.45, 7) is 0. The summed E-state index contributed by atoms with van der Waals surface area (Å²) in [4.78, 5) is 16.5. The van der Waals surface area contributed by atoms with E-state index in [0.717, 1.165) is 16.6 Å². The molecule has 26 heavy (non-hydrogen) atoms. The molecule has 1 heterocycles. The number of benzene rings is 2. The predicted molar refractivity (Wildman–Crippen MR) is 99.2 cm³/mol. The van der Waals surface area contributed by atoms with Gasteiger partial charge in [0, 0.05) is 6.08 Å². The van der Waals surface area contributed by atoms with Gasteiger partial charge in [0.25, 0.3) is 5.91 Å². The molecule has 0 aliphatic heterocycles. The zero-order valence-electron chi connectivity index (χ0n) is 14.7. The van der Waals surface area contributed by atoms with Crippen LogP contribution in [0, 0.1) is 0 Å². The molecule has 0 bridgehead atoms. The molecule has 2 aromatic carbocycles. The summed E-state index contributed by atoms with van der Waals surface area (Å²) in [5.74, 6) is 1.25. The van der Waals surface area contributed by atoms with Gasteiger partial charge in [-0.05, 0) is 35.9 Å². The van der Waals surface area contributed by atoms with E-state index in [2.05, 4.69) is 10.4 Å². The zero-order chi connectivity index (χ0) is 18.5. The molecule has 0 radical (unpaired) electrons. The summed E-state index contributed by atoms with van der Waals surface area (Å²) in [6.07, 6.45) is 4.66. The molecule has 0 aliphatic rings. The van der Waals surface area contributed by atoms with Crippen LogP contribution in [-0.4, -0.2) is 36.9 Å². The summed E-state index contributed by atoms with van der Waals surface area (Å²) in [6, 6.07) is 11.1. The Morgan fingerprint density at radius 2 is 1.77 bits per heavy atom. The zero-order valence-corrected chi connectivity index (χ0v) is 14.7. The molecule has 134 valence electrons. The van der Waals surface area contributed by atoms with E-state index in [1.807, 2.05) is 24.3 Å². The second-order valence-corrected chi connectivity index (χ2v) is 5.37. The molecule has 7 heteroatoms. The summed E-state index contributed by atoms with van der Waals surface area (Å²) < 4.78 is 17.5. The monoisotopic (exact) mass is 353 g/mol. The van der Waals surface area contributed by atoms with Gasteiger partial charge in [-0.25, -0.2) is 9.66 Å². The van der Waals surface area contributed by atoms with Crippen LogP contribution in [-0.2, 0) is 4.79 Å². The Hall–Kier alpha value is -3.48. The number of carbonyl (C=O) groups is 1. The van der Waals surface area contributed by atoms with Crippen molar-refractivity contribution in [3.8, 4) is 17.2 Å². The van der Waals surface area contributed by atoms with Crippen LogP contribution >= 0.6 is 0 Å². The lowest BCUT2D eigenvalue weighted by Gasteiger charge is -2.12. The molecule has 1 amide bonds. The number of ether oxygens (including phenoxy) is 3. The van der Waals surface area contributed by atoms with Crippen molar-refractivity contribution in [1.82, 2.24) is 9.66 Å². The Balaban J connectivity index is 1.80. The van der Waals surface area contributed by atoms with Gasteiger partial charge in [-0.15, -0.1) is 0 Å². The third-order valence-corrected chi connectivity index (χ3v) is 3.80. The lowest BCUT2D eigenvalue weighted by molar-refractivity contribution is -0.112. The number of rotatable bonds is 6. The maximum atomic E-state index is 12.2. The number of amides is 1. The largest absolute Gasteiger partial charge is 0.493 e. The molecule has 0 aliphatic carbocycles. The van der Waals surface area contributed by atoms with E-state index >= 15 is 0 Å². The second kappa shape index (κ2) is 7.60. The molecular weight excluding hydrogens is 334 g/mol. The van der Waals surface area contributed by atoms with Gasteiger partial charge < -0.3 is 14.2 Å². The maximum Gasteiger partial charge on any atom is 0.262 e. The molecule has 3 aromatic rings. The van der Waals surface area contributed by atoms with Crippen LogP contribution < -0.4 is 19.6 Å². The van der Waals surface area contributed by atoms with Gasteiger partial charge in [-0.2, -0.15) is 0 Å². The van der Waals surface area contributed by atoms with Crippen molar-refractivity contribution in [2.24, 2.45) is 0 Å². The third-order valence-electron chi connectivity index (χ3n) is 3.80. The number of methoxy groups -OCH3 is 3. The first-order valence-corrected chi connectivity index (χ1v) is 7.87. The van der Waals surface area contributed by atoms with Gasteiger partial charge in [0.15, 0.2) is 11.5 Å². The van der Waals surface area contributed by atoms with Gasteiger partial charge in [0.2, 0.25) is 5.75 Å². The SMILES string of the molecule is COc1cc(/C=C/C(=O)Nn2cnc3ccccc32)cc(OC)c1OC. The molecule has 0 atom stereocenters. The topological polar surface area (TPSA) is 74.6 Å². The molecule has 3 rings (SSSR count). The van der Waals surface area contributed by atoms with E-state index in [0.29, 0.717) is 17.2 Å². The number of nitrogens with zero attached hydrogens (tertiary/aromatic N) is 2. The lowest BCUT2D eigenvalue weighted by atomic mass is 10.1. The average molecular weight is 353 g/mol. The van der Waals surface area contributed by atoms with Crippen LogP contribution in [0.4, 0.5) is 0 Å². The van der Waals surface area contributed by atoms with Gasteiger partial charge >= 0.3 is 0 Å². The van der Waals surface area contributed by atoms with E-state index in [-0.39, 0.29) is 5.91 Å². The Labute approximate surface area is 150 Å². The molecule has 0 saturated carbocycles. The van der Waals surface area contributed by atoms with Crippen LogP contribution in [0.5, 0.6) is 17.2 Å². The Kier molecular flexibility index (Phi) is 5.07. The van der Waals surface area contributed by atoms with Crippen LogP contribution in [0.25, 0.3) is 17.1 Å². The normalized spacial score (nSPS) is 10.9. The fourth-order valence-electron chi connectivity index (χ4n) is 2.57. The standard InChI is InChI=1S/C19H19N3O4/c1-24-16-10-13(11-17(25-2)19(16)26-3)8-9-18(23)21-22-12-20-14-6-4-5-7-15(14)22/h4-12H,1-3H3,(H,21,23)/b9-8+. The number of nitrogens with one attached hydrogen (secondary N) is 1. The first-order valence-electron chi connectivity index (χ1n) is 7.87. The molecule has 0 saturated heterocycles. The summed E-state index contributed by atoms with van der Waals surface area (Å²) in [5.41, 5.74) is 5.13. The van der Waals surface area contributed by atoms with Crippen molar-refractivity contribution < 1.29 is 19.0 Å². The Morgan fingerprint density at radius 3 is 2.42 bits per heavy atom. The van der Waals surface area contributed by atoms with E-state index in [1.165, 1.54) is 6.08 Å². The van der Waals surface area contributed by atoms with Crippen molar-refractivity contribution in [2.45, 2.75) is 0 Å². The Bertz CT molecular complexity index is 937. The van der Waals surface area contributed by atoms with Gasteiger partial charge in [0.05, 0.1) is 32.4 Å². The Morgan fingerprint density at radius 1 is 1.08 bits per heavy atom. The summed E-state index contributed by atoms with van der Waals surface area (Å²) in [5, 5.41) is 0. The number of fused-ring (bicyclic) bond motifs is 1. The fraction of sp³-hybridized carbons (Fsp3) is 0.158. The first-order chi connectivity index (χ1) is 12.7. The summed E-state index contributed by atoms with van der Waals surface area (Å²) in [7, 11) is 4.63. The molecule has 1 aromatic heterocycles. The highest BCUT2D eigenvalue weighted by Crippen LogP contribution is 2.38. The minimum Gasteiger partial charge on any atom is -0.493 e. The highest BCUT2D eigenvalue weighted by atomic mass is 16.5. The van der Waals surface area contributed by atoms with E-state index in [4.69, 9.17) is 14.2 Å². The van der Waals surface area contributed by atoms with E-state index in [1.54, 1.807) is 50.5 Å². The van der Waals surface area contributed by atoms with Gasteiger partial charge in [-0.1, -0.05) is 12.1 Å². The van der Waals surface area contributed by atoms with Crippen molar-refractivity contribution in [3.63, 3.8) is 0 Å². The third kappa shape index (κ3) is 3.46. The van der Waals surface area contributed by atoms with Crippen molar-refractivity contribution in [2.75, 3.05) is 26.8 Å². The second-order valence-electron chi connectivity index (χ2n) is 5.37. The molecular formula is C19H19N3O4. The number of hydrogen-bond acceptors (Lipinski definition) is 5. The first kappa shape index (κ1) is 17.3. The maximum absolute atomic E-state index is 12.2. The van der Waals surface area contributed by atoms with Crippen molar-refractivity contribution >= 4 is 23.0 Å². The van der Waals surface area contributed by atoms with Crippen LogP contribution in [0.1, 0.15) is 5.56 Å². The van der Waals surface area contributed by atoms with Crippen LogP contribution in [0.3, 0.4) is 0 Å². The summed E-state index contributed by atoms with van der Waals surface area (Å²) >= 11 is 0. The number of imidazole rings is 1. The number of para-hydroxylation sites is 2. The fourth-order valence-corrected chi connectivity index (χ4v) is 2.57. The van der Waals surface area contributed by atoms with E-state index in [9.17, 15) is 4.79 Å².